The minimum absolute atomic E-state index is 0.0591. The molecule has 2 aromatic carbocycles. The molecule has 6 fully saturated rings. The Hall–Kier alpha value is -2.24. The predicted octanol–water partition coefficient (Wildman–Crippen LogP) is 3.11. The minimum Gasteiger partial charge on any atom is -0.371 e. The van der Waals surface area contributed by atoms with Crippen LogP contribution in [0.1, 0.15) is 34.5 Å². The third-order valence-corrected chi connectivity index (χ3v) is 8.84. The van der Waals surface area contributed by atoms with Gasteiger partial charge < -0.3 is 43.0 Å². The van der Waals surface area contributed by atoms with Gasteiger partial charge >= 0.3 is 0 Å². The lowest BCUT2D eigenvalue weighted by molar-refractivity contribution is -0.0424. The summed E-state index contributed by atoms with van der Waals surface area (Å²) in [4.78, 5) is 4.80. The van der Waals surface area contributed by atoms with Gasteiger partial charge in [0.15, 0.2) is 0 Å². The second-order valence-electron chi connectivity index (χ2n) is 12.4. The van der Waals surface area contributed by atoms with Crippen molar-refractivity contribution in [3.63, 3.8) is 0 Å². The average Bonchev–Trinajstić information content (AvgIpc) is 3.72. The van der Waals surface area contributed by atoms with Crippen LogP contribution in [-0.4, -0.2) is 102 Å². The lowest BCUT2D eigenvalue weighted by atomic mass is 9.97. The summed E-state index contributed by atoms with van der Waals surface area (Å²) in [6.07, 6.45) is 1.13. The SMILES string of the molecule is Cc1cc(N(CC2CO2)CC2CO2)ccc1C(OC(c1ccc(N(CC2CO2)CC2CO2)cc1C)C1CO1)C1CO1. The van der Waals surface area contributed by atoms with Gasteiger partial charge in [-0.1, -0.05) is 12.1 Å². The van der Waals surface area contributed by atoms with Crippen LogP contribution < -0.4 is 9.80 Å². The van der Waals surface area contributed by atoms with E-state index < -0.39 is 0 Å². The highest BCUT2D eigenvalue weighted by Crippen LogP contribution is 2.43. The van der Waals surface area contributed by atoms with Gasteiger partial charge in [-0.2, -0.15) is 0 Å². The molecule has 0 N–H and O–H groups in total. The maximum Gasteiger partial charge on any atom is 0.112 e. The molecule has 0 aromatic heterocycles. The van der Waals surface area contributed by atoms with Crippen LogP contribution in [0, 0.1) is 13.8 Å². The van der Waals surface area contributed by atoms with Gasteiger partial charge in [0.1, 0.15) is 24.4 Å². The van der Waals surface area contributed by atoms with Crippen molar-refractivity contribution >= 4 is 11.4 Å². The van der Waals surface area contributed by atoms with E-state index in [9.17, 15) is 0 Å². The Labute approximate surface area is 241 Å². The first-order chi connectivity index (χ1) is 20.1. The first-order valence-corrected chi connectivity index (χ1v) is 15.1. The first kappa shape index (κ1) is 26.4. The molecule has 8 rings (SSSR count). The summed E-state index contributed by atoms with van der Waals surface area (Å²) >= 11 is 0. The van der Waals surface area contributed by atoms with Crippen molar-refractivity contribution in [2.24, 2.45) is 0 Å². The Kier molecular flexibility index (Phi) is 6.95. The Morgan fingerprint density at radius 1 is 0.585 bits per heavy atom. The molecular formula is C32H40N2O7. The monoisotopic (exact) mass is 564 g/mol. The topological polar surface area (TPSA) is 90.9 Å². The summed E-state index contributed by atoms with van der Waals surface area (Å²) in [6, 6.07) is 13.5. The number of hydrogen-bond donors (Lipinski definition) is 0. The third-order valence-electron chi connectivity index (χ3n) is 8.84. The molecule has 220 valence electrons. The highest BCUT2D eigenvalue weighted by atomic mass is 16.6. The molecular weight excluding hydrogens is 524 g/mol. The first-order valence-electron chi connectivity index (χ1n) is 15.1. The third kappa shape index (κ3) is 6.57. The van der Waals surface area contributed by atoms with Crippen molar-refractivity contribution in [2.75, 3.05) is 75.6 Å². The van der Waals surface area contributed by atoms with Crippen LogP contribution in [0.25, 0.3) is 0 Å². The Morgan fingerprint density at radius 3 is 1.20 bits per heavy atom. The molecule has 9 heteroatoms. The molecule has 0 bridgehead atoms. The lowest BCUT2D eigenvalue weighted by Crippen LogP contribution is -2.32. The number of aryl methyl sites for hydroxylation is 2. The number of hydrogen-bond acceptors (Lipinski definition) is 9. The van der Waals surface area contributed by atoms with Gasteiger partial charge in [-0.3, -0.25) is 0 Å². The van der Waals surface area contributed by atoms with Crippen molar-refractivity contribution in [2.45, 2.75) is 62.7 Å². The van der Waals surface area contributed by atoms with Crippen LogP contribution in [0.3, 0.4) is 0 Å². The number of epoxide rings is 6. The summed E-state index contributed by atoms with van der Waals surface area (Å²) in [6.45, 7) is 12.8. The van der Waals surface area contributed by atoms with Gasteiger partial charge in [0.25, 0.3) is 0 Å². The summed E-state index contributed by atoms with van der Waals surface area (Å²) in [5.74, 6) is 0. The molecule has 0 spiro atoms. The van der Waals surface area contributed by atoms with E-state index in [4.69, 9.17) is 33.2 Å². The van der Waals surface area contributed by atoms with E-state index >= 15 is 0 Å². The van der Waals surface area contributed by atoms with Crippen molar-refractivity contribution in [3.8, 4) is 0 Å². The molecule has 8 unspecified atom stereocenters. The van der Waals surface area contributed by atoms with Crippen molar-refractivity contribution in [1.82, 2.24) is 0 Å². The van der Waals surface area contributed by atoms with Crippen LogP contribution in [0.15, 0.2) is 36.4 Å². The fourth-order valence-corrected chi connectivity index (χ4v) is 5.94. The van der Waals surface area contributed by atoms with E-state index in [1.54, 1.807) is 0 Å². The van der Waals surface area contributed by atoms with Crippen LogP contribution in [0.5, 0.6) is 0 Å². The smallest absolute Gasteiger partial charge is 0.112 e. The van der Waals surface area contributed by atoms with Gasteiger partial charge in [-0.15, -0.1) is 0 Å². The fourth-order valence-electron chi connectivity index (χ4n) is 5.94. The maximum absolute atomic E-state index is 6.97. The van der Waals surface area contributed by atoms with Crippen LogP contribution in [-0.2, 0) is 33.2 Å². The largest absolute Gasteiger partial charge is 0.371 e. The number of benzene rings is 2. The summed E-state index contributed by atoms with van der Waals surface area (Å²) in [7, 11) is 0. The number of rotatable bonds is 16. The van der Waals surface area contributed by atoms with E-state index in [-0.39, 0.29) is 24.4 Å². The van der Waals surface area contributed by atoms with E-state index in [2.05, 4.69) is 60.0 Å². The zero-order chi connectivity index (χ0) is 27.5. The standard InChI is InChI=1S/C32H40N2O7/c1-19-7-21(33(9-23-13-35-23)10-24-14-36-24)3-5-27(19)31(29-17-39-29)41-32(30-18-40-30)28-6-4-22(8-20(28)2)34(11-25-15-37-25)12-26-16-38-26/h3-8,23-26,29-32H,9-18H2,1-2H3. The Morgan fingerprint density at radius 2 is 0.927 bits per heavy atom. The molecule has 6 aliphatic heterocycles. The molecule has 8 atom stereocenters. The molecule has 0 saturated carbocycles. The predicted molar refractivity (Wildman–Crippen MR) is 152 cm³/mol. The molecule has 6 heterocycles. The number of anilines is 2. The van der Waals surface area contributed by atoms with Gasteiger partial charge in [0.2, 0.25) is 0 Å². The second kappa shape index (κ2) is 10.8. The average molecular weight is 565 g/mol. The maximum atomic E-state index is 6.97. The fraction of sp³-hybridized carbons (Fsp3) is 0.625. The molecule has 0 aliphatic carbocycles. The quantitative estimate of drug-likeness (QED) is 0.285. The van der Waals surface area contributed by atoms with Crippen molar-refractivity contribution in [1.29, 1.82) is 0 Å². The molecule has 6 aliphatic rings. The minimum atomic E-state index is -0.153. The molecule has 0 radical (unpaired) electrons. The molecule has 0 amide bonds. The molecule has 6 saturated heterocycles. The molecule has 41 heavy (non-hydrogen) atoms. The van der Waals surface area contributed by atoms with Crippen LogP contribution >= 0.6 is 0 Å². The summed E-state index contributed by atoms with van der Waals surface area (Å²) < 4.78 is 40.8. The zero-order valence-electron chi connectivity index (χ0n) is 23.9. The van der Waals surface area contributed by atoms with E-state index in [0.717, 1.165) is 52.6 Å². The van der Waals surface area contributed by atoms with Crippen LogP contribution in [0.2, 0.25) is 0 Å². The normalized spacial score (nSPS) is 31.8. The summed E-state index contributed by atoms with van der Waals surface area (Å²) in [5, 5.41) is 0. The molecule has 9 nitrogen and oxygen atoms in total. The van der Waals surface area contributed by atoms with Gasteiger partial charge in [0, 0.05) is 37.6 Å². The van der Waals surface area contributed by atoms with Crippen molar-refractivity contribution in [3.05, 3.63) is 58.7 Å². The summed E-state index contributed by atoms with van der Waals surface area (Å²) in [5.41, 5.74) is 7.20. The van der Waals surface area contributed by atoms with Gasteiger partial charge in [0.05, 0.1) is 64.1 Å². The van der Waals surface area contributed by atoms with Gasteiger partial charge in [-0.25, -0.2) is 0 Å². The highest BCUT2D eigenvalue weighted by Gasteiger charge is 2.43. The van der Waals surface area contributed by atoms with E-state index in [1.165, 1.54) is 33.6 Å². The Bertz CT molecular complexity index is 1130. The van der Waals surface area contributed by atoms with E-state index in [1.807, 2.05) is 0 Å². The van der Waals surface area contributed by atoms with E-state index in [0.29, 0.717) is 37.6 Å². The Balaban J connectivity index is 1.02. The van der Waals surface area contributed by atoms with Gasteiger partial charge in [-0.05, 0) is 60.4 Å². The number of ether oxygens (including phenoxy) is 7. The second-order valence-corrected chi connectivity index (χ2v) is 12.4. The lowest BCUT2D eigenvalue weighted by Gasteiger charge is -2.29. The van der Waals surface area contributed by atoms with Crippen LogP contribution in [0.4, 0.5) is 11.4 Å². The van der Waals surface area contributed by atoms with Crippen molar-refractivity contribution < 1.29 is 33.2 Å². The highest BCUT2D eigenvalue weighted by molar-refractivity contribution is 5.53. The molecule has 2 aromatic rings. The zero-order valence-corrected chi connectivity index (χ0v) is 23.9. The number of nitrogens with zero attached hydrogens (tertiary/aromatic N) is 2.